The van der Waals surface area contributed by atoms with Gasteiger partial charge < -0.3 is 9.73 Å². The number of hydrogen-bond donors (Lipinski definition) is 1. The van der Waals surface area contributed by atoms with E-state index in [2.05, 4.69) is 65.5 Å². The van der Waals surface area contributed by atoms with Gasteiger partial charge in [0.25, 0.3) is 0 Å². The summed E-state index contributed by atoms with van der Waals surface area (Å²) in [5.41, 5.74) is 4.97. The van der Waals surface area contributed by atoms with E-state index in [-0.39, 0.29) is 0 Å². The predicted molar refractivity (Wildman–Crippen MR) is 102 cm³/mol. The highest BCUT2D eigenvalue weighted by Crippen LogP contribution is 2.42. The molecule has 0 aliphatic heterocycles. The van der Waals surface area contributed by atoms with E-state index in [0.29, 0.717) is 5.71 Å². The summed E-state index contributed by atoms with van der Waals surface area (Å²) in [5, 5.41) is 4.25. The van der Waals surface area contributed by atoms with Crippen LogP contribution in [0.25, 0.3) is 33.6 Å². The third kappa shape index (κ3) is 2.76. The third-order valence-corrected chi connectivity index (χ3v) is 4.21. The fourth-order valence-electron chi connectivity index (χ4n) is 3.02. The molecule has 4 aromatic rings. The van der Waals surface area contributed by atoms with Gasteiger partial charge in [-0.15, -0.1) is 0 Å². The Labute approximate surface area is 146 Å². The highest BCUT2D eigenvalue weighted by atomic mass is 16.3. The minimum absolute atomic E-state index is 0.598. The predicted octanol–water partition coefficient (Wildman–Crippen LogP) is 5.30. The Bertz CT molecular complexity index is 1000. The molecule has 25 heavy (non-hydrogen) atoms. The van der Waals surface area contributed by atoms with Crippen LogP contribution < -0.4 is 5.32 Å². The molecule has 4 rings (SSSR count). The van der Waals surface area contributed by atoms with Crippen molar-refractivity contribution in [2.75, 3.05) is 11.9 Å². The van der Waals surface area contributed by atoms with E-state index in [1.807, 2.05) is 18.2 Å². The van der Waals surface area contributed by atoms with E-state index in [9.17, 15) is 0 Å². The van der Waals surface area contributed by atoms with Crippen LogP contribution in [0, 0.1) is 6.92 Å². The minimum atomic E-state index is 0.598. The van der Waals surface area contributed by atoms with Crippen molar-refractivity contribution >= 4 is 16.9 Å². The van der Waals surface area contributed by atoms with Crippen LogP contribution in [0.5, 0.6) is 0 Å². The quantitative estimate of drug-likeness (QED) is 0.552. The van der Waals surface area contributed by atoms with Gasteiger partial charge in [-0.1, -0.05) is 60.2 Å². The van der Waals surface area contributed by atoms with Crippen LogP contribution in [0.1, 0.15) is 12.5 Å². The summed E-state index contributed by atoms with van der Waals surface area (Å²) in [5.74, 6) is 1.62. The van der Waals surface area contributed by atoms with Crippen molar-refractivity contribution in [1.82, 2.24) is 9.97 Å². The zero-order valence-corrected chi connectivity index (χ0v) is 14.3. The fourth-order valence-corrected chi connectivity index (χ4v) is 3.02. The number of benzene rings is 2. The Morgan fingerprint density at radius 3 is 2.40 bits per heavy atom. The van der Waals surface area contributed by atoms with E-state index in [1.165, 1.54) is 11.9 Å². The number of aryl methyl sites for hydroxylation is 1. The molecule has 124 valence electrons. The standard InChI is InChI=1S/C21H19N3O/c1-3-22-20-18-17(15-11-9-14(2)10-12-15)19(16-7-5-4-6-8-16)25-21(18)24-13-23-20/h4-13H,3H2,1-2H3,(H,22,23,24). The zero-order valence-electron chi connectivity index (χ0n) is 14.3. The maximum absolute atomic E-state index is 6.17. The molecule has 0 aliphatic carbocycles. The normalized spacial score (nSPS) is 11.0. The average Bonchev–Trinajstić information content (AvgIpc) is 3.04. The van der Waals surface area contributed by atoms with Gasteiger partial charge in [-0.25, -0.2) is 9.97 Å². The molecule has 0 saturated heterocycles. The first-order valence-corrected chi connectivity index (χ1v) is 8.41. The molecule has 0 aliphatic rings. The number of anilines is 1. The van der Waals surface area contributed by atoms with Crippen molar-refractivity contribution in [3.05, 3.63) is 66.5 Å². The topological polar surface area (TPSA) is 51.0 Å². The summed E-state index contributed by atoms with van der Waals surface area (Å²) in [7, 11) is 0. The van der Waals surface area contributed by atoms with Crippen LogP contribution in [0.3, 0.4) is 0 Å². The first kappa shape index (κ1) is 15.4. The van der Waals surface area contributed by atoms with Gasteiger partial charge in [-0.05, 0) is 19.4 Å². The Balaban J connectivity index is 2.06. The first-order chi connectivity index (χ1) is 12.3. The third-order valence-electron chi connectivity index (χ3n) is 4.21. The van der Waals surface area contributed by atoms with Crippen molar-refractivity contribution in [3.8, 4) is 22.5 Å². The van der Waals surface area contributed by atoms with E-state index in [4.69, 9.17) is 4.42 Å². The van der Waals surface area contributed by atoms with Crippen LogP contribution in [0.4, 0.5) is 5.82 Å². The van der Waals surface area contributed by atoms with Gasteiger partial charge in [0.15, 0.2) is 0 Å². The average molecular weight is 329 g/mol. The molecule has 2 heterocycles. The van der Waals surface area contributed by atoms with E-state index >= 15 is 0 Å². The SMILES string of the molecule is CCNc1ncnc2oc(-c3ccccc3)c(-c3ccc(C)cc3)c12. The van der Waals surface area contributed by atoms with Crippen molar-refractivity contribution in [3.63, 3.8) is 0 Å². The largest absolute Gasteiger partial charge is 0.437 e. The second kappa shape index (κ2) is 6.40. The molecular formula is C21H19N3O. The van der Waals surface area contributed by atoms with Crippen LogP contribution >= 0.6 is 0 Å². The lowest BCUT2D eigenvalue weighted by atomic mass is 9.98. The lowest BCUT2D eigenvalue weighted by Gasteiger charge is -2.07. The minimum Gasteiger partial charge on any atom is -0.437 e. The molecule has 4 nitrogen and oxygen atoms in total. The molecular weight excluding hydrogens is 310 g/mol. The summed E-state index contributed by atoms with van der Waals surface area (Å²) >= 11 is 0. The Morgan fingerprint density at radius 1 is 0.920 bits per heavy atom. The van der Waals surface area contributed by atoms with Crippen LogP contribution in [-0.2, 0) is 0 Å². The molecule has 0 saturated carbocycles. The van der Waals surface area contributed by atoms with Gasteiger partial charge in [0.2, 0.25) is 5.71 Å². The highest BCUT2D eigenvalue weighted by Gasteiger charge is 2.21. The van der Waals surface area contributed by atoms with Gasteiger partial charge in [0.05, 0.1) is 5.39 Å². The summed E-state index contributed by atoms with van der Waals surface area (Å²) in [6.07, 6.45) is 1.54. The molecule has 2 aromatic carbocycles. The van der Waals surface area contributed by atoms with Crippen molar-refractivity contribution < 1.29 is 4.42 Å². The summed E-state index contributed by atoms with van der Waals surface area (Å²) < 4.78 is 6.17. The second-order valence-electron chi connectivity index (χ2n) is 5.97. The van der Waals surface area contributed by atoms with Gasteiger partial charge in [0.1, 0.15) is 17.9 Å². The molecule has 0 amide bonds. The second-order valence-corrected chi connectivity index (χ2v) is 5.97. The molecule has 0 radical (unpaired) electrons. The van der Waals surface area contributed by atoms with Gasteiger partial charge in [-0.3, -0.25) is 0 Å². The van der Waals surface area contributed by atoms with Crippen LogP contribution in [0.2, 0.25) is 0 Å². The van der Waals surface area contributed by atoms with Crippen LogP contribution in [0.15, 0.2) is 65.3 Å². The summed E-state index contributed by atoms with van der Waals surface area (Å²) in [6.45, 7) is 4.92. The molecule has 0 spiro atoms. The monoisotopic (exact) mass is 329 g/mol. The molecule has 0 atom stereocenters. The smallest absolute Gasteiger partial charge is 0.232 e. The lowest BCUT2D eigenvalue weighted by molar-refractivity contribution is 0.618. The molecule has 0 fully saturated rings. The number of nitrogens with zero attached hydrogens (tertiary/aromatic N) is 2. The Kier molecular flexibility index (Phi) is 3.94. The molecule has 1 N–H and O–H groups in total. The molecule has 2 aromatic heterocycles. The van der Waals surface area contributed by atoms with Crippen molar-refractivity contribution in [2.24, 2.45) is 0 Å². The maximum Gasteiger partial charge on any atom is 0.232 e. The summed E-state index contributed by atoms with van der Waals surface area (Å²) in [6, 6.07) is 18.6. The molecule has 4 heteroatoms. The van der Waals surface area contributed by atoms with Gasteiger partial charge in [0, 0.05) is 17.7 Å². The van der Waals surface area contributed by atoms with Crippen molar-refractivity contribution in [1.29, 1.82) is 0 Å². The fraction of sp³-hybridized carbons (Fsp3) is 0.143. The Hall–Kier alpha value is -3.14. The number of hydrogen-bond acceptors (Lipinski definition) is 4. The highest BCUT2D eigenvalue weighted by molar-refractivity contribution is 6.05. The van der Waals surface area contributed by atoms with E-state index < -0.39 is 0 Å². The van der Waals surface area contributed by atoms with E-state index in [1.54, 1.807) is 0 Å². The number of rotatable bonds is 4. The number of furan rings is 1. The van der Waals surface area contributed by atoms with Crippen molar-refractivity contribution in [2.45, 2.75) is 13.8 Å². The van der Waals surface area contributed by atoms with Crippen LogP contribution in [-0.4, -0.2) is 16.5 Å². The Morgan fingerprint density at radius 2 is 1.68 bits per heavy atom. The lowest BCUT2D eigenvalue weighted by Crippen LogP contribution is -2.00. The maximum atomic E-state index is 6.17. The number of aromatic nitrogens is 2. The molecule has 0 unspecified atom stereocenters. The zero-order chi connectivity index (χ0) is 17.2. The molecule has 0 bridgehead atoms. The summed E-state index contributed by atoms with van der Waals surface area (Å²) in [4.78, 5) is 8.78. The first-order valence-electron chi connectivity index (χ1n) is 8.41. The van der Waals surface area contributed by atoms with E-state index in [0.717, 1.165) is 40.2 Å². The number of nitrogens with one attached hydrogen (secondary N) is 1. The van der Waals surface area contributed by atoms with Gasteiger partial charge >= 0.3 is 0 Å². The van der Waals surface area contributed by atoms with Gasteiger partial charge in [-0.2, -0.15) is 0 Å². The number of fused-ring (bicyclic) bond motifs is 1.